The zero-order valence-corrected chi connectivity index (χ0v) is 23.4. The van der Waals surface area contributed by atoms with Gasteiger partial charge in [-0.3, -0.25) is 9.03 Å². The molecule has 0 unspecified atom stereocenters. The lowest BCUT2D eigenvalue weighted by Crippen LogP contribution is -2.31. The SMILES string of the molecule is CCN(c1ccc(NS(=O)(=O)c2ccc(C(C)(C)C)cc2)cc1)S(=O)(=O)c1ccc(C)c(C(=O)OC)c1. The summed E-state index contributed by atoms with van der Waals surface area (Å²) in [6, 6.07) is 17.1. The van der Waals surface area contributed by atoms with Gasteiger partial charge >= 0.3 is 5.97 Å². The number of ether oxygens (including phenoxy) is 1. The lowest BCUT2D eigenvalue weighted by molar-refractivity contribution is 0.0599. The van der Waals surface area contributed by atoms with Gasteiger partial charge in [-0.15, -0.1) is 0 Å². The number of hydrogen-bond donors (Lipinski definition) is 1. The Hall–Kier alpha value is -3.37. The molecule has 1 N–H and O–H groups in total. The summed E-state index contributed by atoms with van der Waals surface area (Å²) in [4.78, 5) is 12.1. The maximum absolute atomic E-state index is 13.4. The molecule has 3 rings (SSSR count). The van der Waals surface area contributed by atoms with Crippen LogP contribution in [-0.4, -0.2) is 36.5 Å². The van der Waals surface area contributed by atoms with Crippen molar-refractivity contribution in [1.29, 1.82) is 0 Å². The number of carbonyl (C=O) groups excluding carboxylic acids is 1. The van der Waals surface area contributed by atoms with Crippen molar-refractivity contribution >= 4 is 37.4 Å². The van der Waals surface area contributed by atoms with Crippen LogP contribution in [0.1, 0.15) is 49.2 Å². The van der Waals surface area contributed by atoms with Gasteiger partial charge < -0.3 is 4.74 Å². The van der Waals surface area contributed by atoms with Gasteiger partial charge in [0, 0.05) is 12.2 Å². The van der Waals surface area contributed by atoms with E-state index in [2.05, 4.69) is 4.72 Å². The van der Waals surface area contributed by atoms with Gasteiger partial charge in [0.05, 0.1) is 28.2 Å². The summed E-state index contributed by atoms with van der Waals surface area (Å²) in [5.41, 5.74) is 2.32. The number of benzene rings is 3. The highest BCUT2D eigenvalue weighted by atomic mass is 32.2. The van der Waals surface area contributed by atoms with E-state index >= 15 is 0 Å². The minimum Gasteiger partial charge on any atom is -0.465 e. The van der Waals surface area contributed by atoms with Crippen molar-refractivity contribution in [3.05, 3.63) is 83.4 Å². The van der Waals surface area contributed by atoms with Crippen LogP contribution in [0.3, 0.4) is 0 Å². The molecule has 0 amide bonds. The van der Waals surface area contributed by atoms with Gasteiger partial charge in [0.2, 0.25) is 0 Å². The standard InChI is InChI=1S/C27H32N2O6S2/c1-7-29(37(33,34)24-15-8-19(2)25(18-24)26(30)35-6)22-13-11-21(12-14-22)28-36(31,32)23-16-9-20(10-17-23)27(3,4)5/h8-18,28H,7H2,1-6H3. The third-order valence-corrected chi connectivity index (χ3v) is 9.22. The van der Waals surface area contributed by atoms with Crippen LogP contribution < -0.4 is 9.03 Å². The first kappa shape index (κ1) is 28.2. The Morgan fingerprint density at radius 2 is 1.46 bits per heavy atom. The van der Waals surface area contributed by atoms with Gasteiger partial charge in [-0.1, -0.05) is 39.0 Å². The average molecular weight is 545 g/mol. The minimum atomic E-state index is -4.01. The molecule has 0 bridgehead atoms. The zero-order chi connectivity index (χ0) is 27.6. The van der Waals surface area contributed by atoms with E-state index in [0.29, 0.717) is 16.9 Å². The molecule has 8 nitrogen and oxygen atoms in total. The topological polar surface area (TPSA) is 110 Å². The van der Waals surface area contributed by atoms with Crippen molar-refractivity contribution in [2.75, 3.05) is 22.7 Å². The number of carbonyl (C=O) groups is 1. The van der Waals surface area contributed by atoms with E-state index in [-0.39, 0.29) is 27.3 Å². The van der Waals surface area contributed by atoms with Crippen molar-refractivity contribution in [2.45, 2.75) is 49.8 Å². The van der Waals surface area contributed by atoms with E-state index in [9.17, 15) is 21.6 Å². The summed E-state index contributed by atoms with van der Waals surface area (Å²) in [7, 11) is -6.60. The van der Waals surface area contributed by atoms with E-state index in [1.807, 2.05) is 20.8 Å². The van der Waals surface area contributed by atoms with Gasteiger partial charge in [-0.05, 0) is 78.9 Å². The Kier molecular flexibility index (Phi) is 8.04. The molecular weight excluding hydrogens is 512 g/mol. The summed E-state index contributed by atoms with van der Waals surface area (Å²) in [6.07, 6.45) is 0. The number of esters is 1. The zero-order valence-electron chi connectivity index (χ0n) is 21.8. The molecule has 37 heavy (non-hydrogen) atoms. The van der Waals surface area contributed by atoms with Gasteiger partial charge in [-0.25, -0.2) is 21.6 Å². The second-order valence-corrected chi connectivity index (χ2v) is 13.1. The molecule has 3 aromatic rings. The van der Waals surface area contributed by atoms with Gasteiger partial charge in [0.1, 0.15) is 0 Å². The first-order valence-electron chi connectivity index (χ1n) is 11.7. The molecule has 0 aliphatic heterocycles. The molecule has 0 heterocycles. The third-order valence-electron chi connectivity index (χ3n) is 5.93. The third kappa shape index (κ3) is 6.14. The van der Waals surface area contributed by atoms with Crippen molar-refractivity contribution in [3.8, 4) is 0 Å². The summed E-state index contributed by atoms with van der Waals surface area (Å²) in [5, 5.41) is 0. The summed E-state index contributed by atoms with van der Waals surface area (Å²) >= 11 is 0. The van der Waals surface area contributed by atoms with Crippen LogP contribution in [-0.2, 0) is 30.2 Å². The van der Waals surface area contributed by atoms with Crippen LogP contribution in [0.5, 0.6) is 0 Å². The quantitative estimate of drug-likeness (QED) is 0.396. The Morgan fingerprint density at radius 3 is 1.97 bits per heavy atom. The first-order chi connectivity index (χ1) is 17.2. The number of nitrogens with one attached hydrogen (secondary N) is 1. The fourth-order valence-electron chi connectivity index (χ4n) is 3.75. The van der Waals surface area contributed by atoms with Gasteiger partial charge in [0.25, 0.3) is 20.0 Å². The Labute approximate surface area is 219 Å². The largest absolute Gasteiger partial charge is 0.465 e. The Balaban J connectivity index is 1.86. The predicted molar refractivity (Wildman–Crippen MR) is 145 cm³/mol. The van der Waals surface area contributed by atoms with E-state index in [4.69, 9.17) is 4.74 Å². The molecule has 10 heteroatoms. The van der Waals surface area contributed by atoms with Gasteiger partial charge in [0.15, 0.2) is 0 Å². The molecule has 0 saturated heterocycles. The van der Waals surface area contributed by atoms with Crippen LogP contribution in [0.25, 0.3) is 0 Å². The molecule has 0 spiro atoms. The minimum absolute atomic E-state index is 0.0520. The highest BCUT2D eigenvalue weighted by Gasteiger charge is 2.26. The van der Waals surface area contributed by atoms with Crippen molar-refractivity contribution < 1.29 is 26.4 Å². The van der Waals surface area contributed by atoms with Crippen LogP contribution >= 0.6 is 0 Å². The highest BCUT2D eigenvalue weighted by molar-refractivity contribution is 7.93. The second-order valence-electron chi connectivity index (χ2n) is 9.56. The molecule has 0 aromatic heterocycles. The van der Waals surface area contributed by atoms with E-state index in [1.165, 1.54) is 47.8 Å². The maximum Gasteiger partial charge on any atom is 0.338 e. The number of anilines is 2. The molecule has 198 valence electrons. The smallest absolute Gasteiger partial charge is 0.338 e. The molecule has 0 fully saturated rings. The Bertz CT molecular complexity index is 1490. The average Bonchev–Trinajstić information content (AvgIpc) is 2.84. The predicted octanol–water partition coefficient (Wildman–Crippen LogP) is 5.10. The number of hydrogen-bond acceptors (Lipinski definition) is 6. The van der Waals surface area contributed by atoms with Crippen molar-refractivity contribution in [2.24, 2.45) is 0 Å². The fourth-order valence-corrected chi connectivity index (χ4v) is 6.31. The van der Waals surface area contributed by atoms with Crippen LogP contribution in [0, 0.1) is 6.92 Å². The van der Waals surface area contributed by atoms with Crippen molar-refractivity contribution in [1.82, 2.24) is 0 Å². The lowest BCUT2D eigenvalue weighted by atomic mass is 9.87. The first-order valence-corrected chi connectivity index (χ1v) is 14.6. The summed E-state index contributed by atoms with van der Waals surface area (Å²) < 4.78 is 61.0. The molecular formula is C27H32N2O6S2. The summed E-state index contributed by atoms with van der Waals surface area (Å²) in [6.45, 7) is 9.64. The molecule has 0 aliphatic rings. The van der Waals surface area contributed by atoms with E-state index in [1.54, 1.807) is 44.2 Å². The normalized spacial score (nSPS) is 12.2. The summed E-state index contributed by atoms with van der Waals surface area (Å²) in [5.74, 6) is -0.623. The number of methoxy groups -OCH3 is 1. The van der Waals surface area contributed by atoms with E-state index < -0.39 is 26.0 Å². The molecule has 0 atom stereocenters. The number of nitrogens with zero attached hydrogens (tertiary/aromatic N) is 1. The number of aryl methyl sites for hydroxylation is 1. The monoisotopic (exact) mass is 544 g/mol. The number of rotatable bonds is 8. The maximum atomic E-state index is 13.4. The molecule has 0 radical (unpaired) electrons. The Morgan fingerprint density at radius 1 is 0.892 bits per heavy atom. The lowest BCUT2D eigenvalue weighted by Gasteiger charge is -2.23. The molecule has 3 aromatic carbocycles. The van der Waals surface area contributed by atoms with Crippen LogP contribution in [0.15, 0.2) is 76.5 Å². The van der Waals surface area contributed by atoms with Crippen LogP contribution in [0.2, 0.25) is 0 Å². The van der Waals surface area contributed by atoms with Crippen LogP contribution in [0.4, 0.5) is 11.4 Å². The fraction of sp³-hybridized carbons (Fsp3) is 0.296. The van der Waals surface area contributed by atoms with Gasteiger partial charge in [-0.2, -0.15) is 0 Å². The van der Waals surface area contributed by atoms with E-state index in [0.717, 1.165) is 5.56 Å². The second kappa shape index (κ2) is 10.5. The van der Waals surface area contributed by atoms with Crippen molar-refractivity contribution in [3.63, 3.8) is 0 Å². The molecule has 0 aliphatic carbocycles. The molecule has 0 saturated carbocycles. The highest BCUT2D eigenvalue weighted by Crippen LogP contribution is 2.28. The number of sulfonamides is 2.